The molecule has 6 heteroatoms. The highest BCUT2D eigenvalue weighted by atomic mass is 16.5. The lowest BCUT2D eigenvalue weighted by Crippen LogP contribution is -2.11. The molecule has 0 aromatic heterocycles. The number of benzene rings is 9. The molecule has 1 radical (unpaired) electrons. The molecule has 0 aliphatic rings. The number of nitrogens with zero attached hydrogens (tertiary/aromatic N) is 2. The monoisotopic (exact) mass is 832 g/mol. The van der Waals surface area contributed by atoms with Crippen molar-refractivity contribution in [2.45, 2.75) is 0 Å². The second kappa shape index (κ2) is 18.7. The van der Waals surface area contributed by atoms with Gasteiger partial charge in [0.05, 0.1) is 28.4 Å². The zero-order valence-electron chi connectivity index (χ0n) is 36.0. The average molecular weight is 833 g/mol. The van der Waals surface area contributed by atoms with Crippen LogP contribution in [0.5, 0.6) is 23.0 Å². The lowest BCUT2D eigenvalue weighted by molar-refractivity contribution is 0.414. The summed E-state index contributed by atoms with van der Waals surface area (Å²) in [6, 6.07) is 65.8. The third-order valence-electron chi connectivity index (χ3n) is 11.2. The molecule has 309 valence electrons. The van der Waals surface area contributed by atoms with Gasteiger partial charge in [-0.1, -0.05) is 77.1 Å². The normalized spacial score (nSPS) is 10.7. The Labute approximate surface area is 374 Å². The summed E-state index contributed by atoms with van der Waals surface area (Å²) in [7, 11) is 6.70. The van der Waals surface area contributed by atoms with E-state index in [1.54, 1.807) is 28.4 Å². The highest BCUT2D eigenvalue weighted by molar-refractivity contribution is 6.09. The van der Waals surface area contributed by atoms with Crippen LogP contribution in [0, 0.1) is 23.7 Å². The first-order valence-electron chi connectivity index (χ1n) is 20.9. The van der Waals surface area contributed by atoms with E-state index in [1.165, 1.54) is 0 Å². The van der Waals surface area contributed by atoms with Crippen LogP contribution in [0.15, 0.2) is 194 Å². The fourth-order valence-corrected chi connectivity index (χ4v) is 7.87. The highest BCUT2D eigenvalue weighted by Gasteiger charge is 2.26. The summed E-state index contributed by atoms with van der Waals surface area (Å²) in [5.41, 5.74) is 9.78. The van der Waals surface area contributed by atoms with Gasteiger partial charge >= 0.3 is 0 Å². The van der Waals surface area contributed by atoms with Gasteiger partial charge in [0.15, 0.2) is 17.1 Å². The van der Waals surface area contributed by atoms with E-state index in [0.29, 0.717) is 0 Å². The van der Waals surface area contributed by atoms with E-state index in [1.807, 2.05) is 48.5 Å². The fourth-order valence-electron chi connectivity index (χ4n) is 7.87. The number of ether oxygens (including phenoxy) is 4. The van der Waals surface area contributed by atoms with E-state index < -0.39 is 0 Å². The minimum absolute atomic E-state index is 0.800. The number of hydrogen-bond donors (Lipinski definition) is 0. The van der Waals surface area contributed by atoms with Crippen molar-refractivity contribution >= 4 is 55.7 Å². The van der Waals surface area contributed by atoms with Crippen LogP contribution in [0.1, 0.15) is 22.3 Å². The quantitative estimate of drug-likeness (QED) is 0.0780. The second-order valence-corrected chi connectivity index (χ2v) is 14.9. The van der Waals surface area contributed by atoms with Crippen LogP contribution in [-0.4, -0.2) is 28.4 Å². The lowest BCUT2D eigenvalue weighted by atomic mass is 9.92. The summed E-state index contributed by atoms with van der Waals surface area (Å²) in [5.74, 6) is 17.4. The first-order chi connectivity index (χ1) is 31.5. The Bertz CT molecular complexity index is 2810. The molecule has 0 atom stereocenters. The molecule has 0 amide bonds. The molecule has 9 rings (SSSR count). The van der Waals surface area contributed by atoms with Gasteiger partial charge in [0.25, 0.3) is 0 Å². The number of rotatable bonds is 10. The SMILES string of the molecule is COc1ccc(N(c2ccc(C#Cc3c4ccccc4c(C#Cc4ccc([N+](c5ccc(OC)cc5)c5ccc(OC)cc5)cc4)c4ccccc34)cc2)c2ccc(OC)cc2)cc1. The van der Waals surface area contributed by atoms with Crippen molar-refractivity contribution in [3.05, 3.63) is 216 Å². The lowest BCUT2D eigenvalue weighted by Gasteiger charge is -2.25. The Hall–Kier alpha value is -8.42. The maximum atomic E-state index is 5.44. The summed E-state index contributed by atoms with van der Waals surface area (Å²) in [5, 5.41) is 4.24. The van der Waals surface area contributed by atoms with Gasteiger partial charge in [0.1, 0.15) is 23.0 Å². The standard InChI is InChI=1S/C58H44N2O4/c1-61-49-31-23-45(24-32-49)59(46-25-33-50(62-2)34-26-46)43-19-13-41(14-20-43)17-39-57-53-9-5-7-11-55(53)58(56-12-8-6-10-54(56)57)40-18-42-15-21-44(22-16-42)60(47-27-35-51(63-3)36-28-47)48-29-37-52(64-4)38-30-48/h5-16,19-38H,1-4H3/q+1. The Balaban J connectivity index is 1.04. The van der Waals surface area contributed by atoms with Crippen LogP contribution >= 0.6 is 0 Å². The van der Waals surface area contributed by atoms with Gasteiger partial charge in [-0.3, -0.25) is 0 Å². The number of fused-ring (bicyclic) bond motifs is 2. The van der Waals surface area contributed by atoms with Crippen molar-refractivity contribution in [3.8, 4) is 46.7 Å². The van der Waals surface area contributed by atoms with Gasteiger partial charge in [-0.25, -0.2) is 0 Å². The van der Waals surface area contributed by atoms with E-state index >= 15 is 0 Å². The molecule has 0 bridgehead atoms. The Morgan fingerprint density at radius 3 is 0.891 bits per heavy atom. The summed E-state index contributed by atoms with van der Waals surface area (Å²) in [6.45, 7) is 0. The van der Waals surface area contributed by atoms with Crippen LogP contribution in [0.4, 0.5) is 34.1 Å². The third-order valence-corrected chi connectivity index (χ3v) is 11.2. The molecule has 0 fully saturated rings. The number of hydrogen-bond acceptors (Lipinski definition) is 6. The highest BCUT2D eigenvalue weighted by Crippen LogP contribution is 2.38. The second-order valence-electron chi connectivity index (χ2n) is 14.9. The number of methoxy groups -OCH3 is 4. The predicted octanol–water partition coefficient (Wildman–Crippen LogP) is 13.7. The van der Waals surface area contributed by atoms with E-state index in [0.717, 1.165) is 101 Å². The van der Waals surface area contributed by atoms with Crippen LogP contribution in [-0.2, 0) is 0 Å². The molecule has 9 aromatic rings. The minimum Gasteiger partial charge on any atom is -0.497 e. The zero-order chi connectivity index (χ0) is 43.8. The van der Waals surface area contributed by atoms with E-state index in [2.05, 4.69) is 179 Å². The molecule has 0 saturated carbocycles. The Kier molecular flexibility index (Phi) is 12.0. The summed E-state index contributed by atoms with van der Waals surface area (Å²) >= 11 is 0. The molecule has 0 aliphatic carbocycles. The van der Waals surface area contributed by atoms with Crippen molar-refractivity contribution in [1.29, 1.82) is 0 Å². The van der Waals surface area contributed by atoms with Gasteiger partial charge in [-0.05, 0) is 131 Å². The largest absolute Gasteiger partial charge is 0.497 e. The van der Waals surface area contributed by atoms with Crippen LogP contribution in [0.25, 0.3) is 21.5 Å². The number of anilines is 6. The maximum absolute atomic E-state index is 5.44. The van der Waals surface area contributed by atoms with Crippen molar-refractivity contribution in [2.24, 2.45) is 0 Å². The molecule has 9 aromatic carbocycles. The molecule has 0 aliphatic heterocycles. The summed E-state index contributed by atoms with van der Waals surface area (Å²) < 4.78 is 21.8. The smallest absolute Gasteiger partial charge is 0.192 e. The van der Waals surface area contributed by atoms with Gasteiger partial charge in [-0.15, -0.1) is 0 Å². The van der Waals surface area contributed by atoms with Crippen molar-refractivity contribution in [2.75, 3.05) is 33.3 Å². The van der Waals surface area contributed by atoms with Gasteiger partial charge in [0.2, 0.25) is 0 Å². The summed E-state index contributed by atoms with van der Waals surface area (Å²) in [6.07, 6.45) is 0. The van der Waals surface area contributed by atoms with Crippen LogP contribution in [0.2, 0.25) is 0 Å². The third kappa shape index (κ3) is 8.56. The van der Waals surface area contributed by atoms with E-state index in [9.17, 15) is 0 Å². The van der Waals surface area contributed by atoms with Gasteiger partial charge < -0.3 is 23.8 Å². The van der Waals surface area contributed by atoms with Gasteiger partial charge in [-0.2, -0.15) is 0 Å². The molecule has 0 unspecified atom stereocenters. The first-order valence-corrected chi connectivity index (χ1v) is 20.9. The molecule has 0 N–H and O–H groups in total. The predicted molar refractivity (Wildman–Crippen MR) is 261 cm³/mol. The van der Waals surface area contributed by atoms with Crippen LogP contribution < -0.4 is 28.7 Å². The molecular weight excluding hydrogens is 789 g/mol. The maximum Gasteiger partial charge on any atom is 0.192 e. The minimum atomic E-state index is 0.800. The van der Waals surface area contributed by atoms with E-state index in [-0.39, 0.29) is 0 Å². The first kappa shape index (κ1) is 41.0. The topological polar surface area (TPSA) is 46.1 Å². The van der Waals surface area contributed by atoms with Crippen LogP contribution in [0.3, 0.4) is 0 Å². The Morgan fingerprint density at radius 2 is 0.578 bits per heavy atom. The molecule has 6 nitrogen and oxygen atoms in total. The summed E-state index contributed by atoms with van der Waals surface area (Å²) in [4.78, 5) is 4.40. The molecule has 0 heterocycles. The molecule has 0 saturated heterocycles. The zero-order valence-corrected chi connectivity index (χ0v) is 36.0. The molecule has 64 heavy (non-hydrogen) atoms. The van der Waals surface area contributed by atoms with Crippen molar-refractivity contribution < 1.29 is 18.9 Å². The van der Waals surface area contributed by atoms with E-state index in [4.69, 9.17) is 18.9 Å². The fraction of sp³-hybridized carbons (Fsp3) is 0.0690. The van der Waals surface area contributed by atoms with Gasteiger partial charge in [0, 0.05) is 75.7 Å². The average Bonchev–Trinajstić information content (AvgIpc) is 3.36. The molecular formula is C58H44N2O4+. The molecule has 0 spiro atoms. The van der Waals surface area contributed by atoms with Crippen molar-refractivity contribution in [3.63, 3.8) is 0 Å². The Morgan fingerprint density at radius 1 is 0.312 bits per heavy atom. The van der Waals surface area contributed by atoms with Crippen molar-refractivity contribution in [1.82, 2.24) is 4.90 Å².